The SMILES string of the molecule is CCCCNC(=O)[C@@H](C)N(Cc1ccc(Cl)cc1Cl)C(=O)CN(c1ccc(CC)cc1)S(=O)(=O)c1ccccc1. The highest BCUT2D eigenvalue weighted by molar-refractivity contribution is 7.92. The van der Waals surface area contributed by atoms with Crippen LogP contribution in [0.4, 0.5) is 5.69 Å². The van der Waals surface area contributed by atoms with Crippen molar-refractivity contribution in [1.29, 1.82) is 0 Å². The van der Waals surface area contributed by atoms with E-state index in [9.17, 15) is 18.0 Å². The topological polar surface area (TPSA) is 86.8 Å². The van der Waals surface area contributed by atoms with Gasteiger partial charge in [-0.1, -0.05) is 79.9 Å². The van der Waals surface area contributed by atoms with Crippen molar-refractivity contribution >= 4 is 50.7 Å². The smallest absolute Gasteiger partial charge is 0.264 e. The number of nitrogens with one attached hydrogen (secondary N) is 1. The molecule has 0 spiro atoms. The molecular weight excluding hydrogens is 569 g/mol. The minimum atomic E-state index is -4.11. The maximum Gasteiger partial charge on any atom is 0.264 e. The van der Waals surface area contributed by atoms with Crippen LogP contribution in [-0.2, 0) is 32.6 Å². The normalized spacial score (nSPS) is 12.0. The van der Waals surface area contributed by atoms with Gasteiger partial charge < -0.3 is 10.2 Å². The Morgan fingerprint density at radius 1 is 0.950 bits per heavy atom. The first kappa shape index (κ1) is 31.5. The molecule has 0 fully saturated rings. The van der Waals surface area contributed by atoms with Crippen molar-refractivity contribution in [2.45, 2.75) is 57.5 Å². The highest BCUT2D eigenvalue weighted by atomic mass is 35.5. The summed E-state index contributed by atoms with van der Waals surface area (Å²) in [5, 5.41) is 3.64. The summed E-state index contributed by atoms with van der Waals surface area (Å²) in [6.07, 6.45) is 2.48. The Bertz CT molecular complexity index is 1400. The van der Waals surface area contributed by atoms with Gasteiger partial charge in [-0.3, -0.25) is 13.9 Å². The fourth-order valence-electron chi connectivity index (χ4n) is 4.10. The molecule has 0 radical (unpaired) electrons. The third-order valence-electron chi connectivity index (χ3n) is 6.60. The summed E-state index contributed by atoms with van der Waals surface area (Å²) in [5.41, 5.74) is 1.96. The average Bonchev–Trinajstić information content (AvgIpc) is 2.95. The molecule has 0 aromatic heterocycles. The van der Waals surface area contributed by atoms with Gasteiger partial charge >= 0.3 is 0 Å². The number of carbonyl (C=O) groups excluding carboxylic acids is 2. The molecule has 0 aliphatic rings. The van der Waals surface area contributed by atoms with Gasteiger partial charge in [0.15, 0.2) is 0 Å². The van der Waals surface area contributed by atoms with Crippen molar-refractivity contribution in [2.75, 3.05) is 17.4 Å². The highest BCUT2D eigenvalue weighted by Gasteiger charge is 2.32. The van der Waals surface area contributed by atoms with E-state index in [1.165, 1.54) is 17.0 Å². The molecule has 7 nitrogen and oxygen atoms in total. The standard InChI is InChI=1S/C30H35Cl2N3O4S/c1-4-6-18-33-30(37)22(3)34(20-24-14-15-25(31)19-28(24)32)29(36)21-35(26-16-12-23(5-2)13-17-26)40(38,39)27-10-8-7-9-11-27/h7-17,19,22H,4-6,18,20-21H2,1-3H3,(H,33,37)/t22-/m1/s1. The second kappa shape index (κ2) is 14.5. The monoisotopic (exact) mass is 603 g/mol. The summed E-state index contributed by atoms with van der Waals surface area (Å²) in [4.78, 5) is 28.4. The lowest BCUT2D eigenvalue weighted by molar-refractivity contribution is -0.139. The lowest BCUT2D eigenvalue weighted by atomic mass is 10.1. The number of unbranched alkanes of at least 4 members (excludes halogenated alkanes) is 1. The first-order valence-electron chi connectivity index (χ1n) is 13.3. The van der Waals surface area contributed by atoms with Crippen molar-refractivity contribution in [3.05, 3.63) is 94.0 Å². The van der Waals surface area contributed by atoms with Crippen LogP contribution in [0.2, 0.25) is 10.0 Å². The molecule has 3 rings (SSSR count). The van der Waals surface area contributed by atoms with Crippen LogP contribution < -0.4 is 9.62 Å². The Morgan fingerprint density at radius 2 is 1.62 bits per heavy atom. The number of benzene rings is 3. The van der Waals surface area contributed by atoms with Crippen LogP contribution in [0.25, 0.3) is 0 Å². The number of aryl methyl sites for hydroxylation is 1. The molecule has 40 heavy (non-hydrogen) atoms. The molecule has 0 saturated carbocycles. The zero-order valence-electron chi connectivity index (χ0n) is 22.9. The fraction of sp³-hybridized carbons (Fsp3) is 0.333. The first-order chi connectivity index (χ1) is 19.1. The number of sulfonamides is 1. The Balaban J connectivity index is 2.01. The minimum absolute atomic E-state index is 0.00873. The molecule has 1 atom stereocenters. The summed E-state index contributed by atoms with van der Waals surface area (Å²) in [6.45, 7) is 5.59. The zero-order chi connectivity index (χ0) is 29.3. The minimum Gasteiger partial charge on any atom is -0.354 e. The molecule has 0 saturated heterocycles. The Hall–Kier alpha value is -3.07. The van der Waals surface area contributed by atoms with Gasteiger partial charge in [0.1, 0.15) is 12.6 Å². The summed E-state index contributed by atoms with van der Waals surface area (Å²) < 4.78 is 28.7. The molecule has 0 bridgehead atoms. The van der Waals surface area contributed by atoms with Crippen molar-refractivity contribution < 1.29 is 18.0 Å². The summed E-state index contributed by atoms with van der Waals surface area (Å²) in [5.74, 6) is -0.889. The number of carbonyl (C=O) groups is 2. The van der Waals surface area contributed by atoms with Crippen LogP contribution in [-0.4, -0.2) is 44.3 Å². The van der Waals surface area contributed by atoms with Gasteiger partial charge in [0.2, 0.25) is 11.8 Å². The van der Waals surface area contributed by atoms with E-state index >= 15 is 0 Å². The van der Waals surface area contributed by atoms with Gasteiger partial charge in [-0.25, -0.2) is 8.42 Å². The molecule has 3 aromatic rings. The first-order valence-corrected chi connectivity index (χ1v) is 15.5. The van der Waals surface area contributed by atoms with Crippen molar-refractivity contribution in [2.24, 2.45) is 0 Å². The third-order valence-corrected chi connectivity index (χ3v) is 8.97. The molecule has 214 valence electrons. The third kappa shape index (κ3) is 7.99. The molecule has 0 aliphatic carbocycles. The lowest BCUT2D eigenvalue weighted by Gasteiger charge is -2.32. The number of amides is 2. The molecule has 3 aromatic carbocycles. The molecule has 0 unspecified atom stereocenters. The van der Waals surface area contributed by atoms with Crippen molar-refractivity contribution in [1.82, 2.24) is 10.2 Å². The number of anilines is 1. The quantitative estimate of drug-likeness (QED) is 0.240. The Kier molecular flexibility index (Phi) is 11.4. The van der Waals surface area contributed by atoms with Gasteiger partial charge in [0.25, 0.3) is 10.0 Å². The Labute approximate surface area is 247 Å². The number of nitrogens with zero attached hydrogens (tertiary/aromatic N) is 2. The maximum atomic E-state index is 14.0. The number of hydrogen-bond acceptors (Lipinski definition) is 4. The van der Waals surface area contributed by atoms with E-state index in [-0.39, 0.29) is 17.3 Å². The second-order valence-electron chi connectivity index (χ2n) is 9.42. The molecule has 2 amide bonds. The summed E-state index contributed by atoms with van der Waals surface area (Å²) in [6, 6.07) is 19.0. The van der Waals surface area contributed by atoms with Crippen LogP contribution in [0.5, 0.6) is 0 Å². The Morgan fingerprint density at radius 3 is 2.23 bits per heavy atom. The lowest BCUT2D eigenvalue weighted by Crippen LogP contribution is -2.51. The van der Waals surface area contributed by atoms with Crippen LogP contribution in [0.1, 0.15) is 44.7 Å². The van der Waals surface area contributed by atoms with Crippen LogP contribution in [0, 0.1) is 0 Å². The molecule has 0 aliphatic heterocycles. The largest absolute Gasteiger partial charge is 0.354 e. The number of hydrogen-bond donors (Lipinski definition) is 1. The molecule has 1 N–H and O–H groups in total. The fourth-order valence-corrected chi connectivity index (χ4v) is 6.00. The van der Waals surface area contributed by atoms with Crippen LogP contribution in [0.3, 0.4) is 0 Å². The molecule has 10 heteroatoms. The van der Waals surface area contributed by atoms with Gasteiger partial charge in [0, 0.05) is 23.1 Å². The summed E-state index contributed by atoms with van der Waals surface area (Å²) in [7, 11) is -4.11. The van der Waals surface area contributed by atoms with Crippen LogP contribution >= 0.6 is 23.2 Å². The van der Waals surface area contributed by atoms with E-state index in [1.54, 1.807) is 55.5 Å². The van der Waals surface area contributed by atoms with E-state index in [0.717, 1.165) is 29.1 Å². The van der Waals surface area contributed by atoms with E-state index in [2.05, 4.69) is 5.32 Å². The van der Waals surface area contributed by atoms with Gasteiger partial charge in [-0.15, -0.1) is 0 Å². The molecular formula is C30H35Cl2N3O4S. The van der Waals surface area contributed by atoms with E-state index < -0.39 is 28.5 Å². The maximum absolute atomic E-state index is 14.0. The van der Waals surface area contributed by atoms with Crippen LogP contribution in [0.15, 0.2) is 77.7 Å². The van der Waals surface area contributed by atoms with Crippen molar-refractivity contribution in [3.8, 4) is 0 Å². The number of rotatable bonds is 13. The number of halogens is 2. The predicted octanol–water partition coefficient (Wildman–Crippen LogP) is 6.08. The highest BCUT2D eigenvalue weighted by Crippen LogP contribution is 2.27. The van der Waals surface area contributed by atoms with Crippen molar-refractivity contribution in [3.63, 3.8) is 0 Å². The summed E-state index contributed by atoms with van der Waals surface area (Å²) >= 11 is 12.5. The van der Waals surface area contributed by atoms with E-state index in [0.29, 0.717) is 27.8 Å². The second-order valence-corrected chi connectivity index (χ2v) is 12.1. The van der Waals surface area contributed by atoms with E-state index in [1.807, 2.05) is 26.0 Å². The average molecular weight is 605 g/mol. The van der Waals surface area contributed by atoms with E-state index in [4.69, 9.17) is 23.2 Å². The van der Waals surface area contributed by atoms with Gasteiger partial charge in [-0.2, -0.15) is 0 Å². The van der Waals surface area contributed by atoms with Gasteiger partial charge in [-0.05, 0) is 67.3 Å². The molecule has 0 heterocycles. The predicted molar refractivity (Wildman–Crippen MR) is 161 cm³/mol. The van der Waals surface area contributed by atoms with Gasteiger partial charge in [0.05, 0.1) is 10.6 Å². The zero-order valence-corrected chi connectivity index (χ0v) is 25.3.